The minimum Gasteiger partial charge on any atom is -0.390 e. The van der Waals surface area contributed by atoms with E-state index in [1.54, 1.807) is 0 Å². The Morgan fingerprint density at radius 3 is 2.12 bits per heavy atom. The van der Waals surface area contributed by atoms with E-state index in [0.717, 1.165) is 0 Å². The van der Waals surface area contributed by atoms with Gasteiger partial charge in [-0.15, -0.1) is 0 Å². The van der Waals surface area contributed by atoms with Gasteiger partial charge in [-0.25, -0.2) is 0 Å². The van der Waals surface area contributed by atoms with Crippen molar-refractivity contribution >= 4 is 0 Å². The van der Waals surface area contributed by atoms with Crippen molar-refractivity contribution in [2.24, 2.45) is 5.73 Å². The highest BCUT2D eigenvalue weighted by Gasteiger charge is 2.23. The fraction of sp³-hybridized carbons (Fsp3) is 1.00. The van der Waals surface area contributed by atoms with Gasteiger partial charge in [0.1, 0.15) is 0 Å². The van der Waals surface area contributed by atoms with Gasteiger partial charge in [0, 0.05) is 6.54 Å². The molecule has 0 bridgehead atoms. The Bertz CT molecular complexity index is 70.8. The average molecular weight is 119 g/mol. The third-order valence-electron chi connectivity index (χ3n) is 1.31. The Balaban J connectivity index is 3.71. The summed E-state index contributed by atoms with van der Waals surface area (Å²) in [6, 6.07) is 0. The molecule has 0 heterocycles. The van der Waals surface area contributed by atoms with Crippen molar-refractivity contribution in [1.82, 2.24) is 0 Å². The molecule has 3 heteroatoms. The maximum atomic E-state index is 9.03. The lowest BCUT2D eigenvalue weighted by molar-refractivity contribution is -0.0446. The van der Waals surface area contributed by atoms with Gasteiger partial charge >= 0.3 is 0 Å². The molecule has 8 heavy (non-hydrogen) atoms. The molecule has 2 atom stereocenters. The van der Waals surface area contributed by atoms with E-state index in [4.69, 9.17) is 15.9 Å². The van der Waals surface area contributed by atoms with Crippen LogP contribution in [0.2, 0.25) is 0 Å². The topological polar surface area (TPSA) is 66.5 Å². The van der Waals surface area contributed by atoms with E-state index in [9.17, 15) is 0 Å². The predicted octanol–water partition coefficient (Wildman–Crippen LogP) is -0.923. The summed E-state index contributed by atoms with van der Waals surface area (Å²) in [7, 11) is 0. The molecule has 0 rings (SSSR count). The molecule has 0 amide bonds. The van der Waals surface area contributed by atoms with Crippen molar-refractivity contribution < 1.29 is 10.2 Å². The molecule has 50 valence electrons. The zero-order valence-corrected chi connectivity index (χ0v) is 5.26. The van der Waals surface area contributed by atoms with Crippen molar-refractivity contribution in [3.05, 3.63) is 0 Å². The molecule has 0 aromatic rings. The third kappa shape index (κ3) is 1.78. The molecular formula is C5H13NO2. The van der Waals surface area contributed by atoms with E-state index in [2.05, 4.69) is 0 Å². The van der Waals surface area contributed by atoms with Crippen LogP contribution in [0, 0.1) is 0 Å². The van der Waals surface area contributed by atoms with E-state index < -0.39 is 11.7 Å². The van der Waals surface area contributed by atoms with Crippen LogP contribution < -0.4 is 5.73 Å². The molecule has 1 unspecified atom stereocenters. The maximum Gasteiger partial charge on any atom is 0.0996 e. The first-order chi connectivity index (χ1) is 3.50. The lowest BCUT2D eigenvalue weighted by Gasteiger charge is -2.23. The molecule has 0 aromatic carbocycles. The second-order valence-electron chi connectivity index (χ2n) is 2.24. The van der Waals surface area contributed by atoms with E-state index in [-0.39, 0.29) is 6.54 Å². The van der Waals surface area contributed by atoms with Crippen LogP contribution in [0.25, 0.3) is 0 Å². The fourth-order valence-corrected chi connectivity index (χ4v) is 0.171. The number of rotatable bonds is 2. The van der Waals surface area contributed by atoms with Crippen LogP contribution >= 0.6 is 0 Å². The van der Waals surface area contributed by atoms with Gasteiger partial charge < -0.3 is 15.9 Å². The van der Waals surface area contributed by atoms with E-state index in [1.165, 1.54) is 13.8 Å². The third-order valence-corrected chi connectivity index (χ3v) is 1.31. The number of aliphatic hydroxyl groups is 2. The molecule has 0 fully saturated rings. The fourth-order valence-electron chi connectivity index (χ4n) is 0.171. The van der Waals surface area contributed by atoms with Crippen molar-refractivity contribution in [1.29, 1.82) is 0 Å². The molecular weight excluding hydrogens is 106 g/mol. The van der Waals surface area contributed by atoms with Gasteiger partial charge in [-0.3, -0.25) is 0 Å². The first kappa shape index (κ1) is 7.88. The van der Waals surface area contributed by atoms with Crippen LogP contribution in [0.5, 0.6) is 0 Å². The maximum absolute atomic E-state index is 9.03. The standard InChI is InChI=1S/C5H13NO2/c1-4(7)5(2,8)3-6/h4,7-8H,3,6H2,1-2H3/t4?,5-/m0/s1. The summed E-state index contributed by atoms with van der Waals surface area (Å²) in [5.74, 6) is 0. The zero-order valence-electron chi connectivity index (χ0n) is 5.26. The first-order valence-electron chi connectivity index (χ1n) is 2.61. The summed E-state index contributed by atoms with van der Waals surface area (Å²) in [6.07, 6.45) is -0.757. The van der Waals surface area contributed by atoms with Gasteiger partial charge in [0.15, 0.2) is 0 Å². The van der Waals surface area contributed by atoms with Gasteiger partial charge in [-0.1, -0.05) is 0 Å². The molecule has 0 saturated heterocycles. The van der Waals surface area contributed by atoms with Crippen LogP contribution in [0.15, 0.2) is 0 Å². The summed E-state index contributed by atoms with van der Waals surface area (Å²) in [5.41, 5.74) is 3.97. The predicted molar refractivity (Wildman–Crippen MR) is 31.4 cm³/mol. The molecule has 0 saturated carbocycles. The van der Waals surface area contributed by atoms with Crippen molar-refractivity contribution in [3.63, 3.8) is 0 Å². The van der Waals surface area contributed by atoms with Gasteiger partial charge in [0.05, 0.1) is 11.7 Å². The normalized spacial score (nSPS) is 22.1. The summed E-state index contributed by atoms with van der Waals surface area (Å²) < 4.78 is 0. The second kappa shape index (κ2) is 2.44. The lowest BCUT2D eigenvalue weighted by Crippen LogP contribution is -2.44. The number of hydrogen-bond acceptors (Lipinski definition) is 3. The average Bonchev–Trinajstić information content (AvgIpc) is 1.67. The number of aliphatic hydroxyl groups excluding tert-OH is 1. The van der Waals surface area contributed by atoms with E-state index in [1.807, 2.05) is 0 Å². The van der Waals surface area contributed by atoms with Crippen molar-refractivity contribution in [2.75, 3.05) is 6.54 Å². The summed E-state index contributed by atoms with van der Waals surface area (Å²) in [5, 5.41) is 17.8. The highest BCUT2D eigenvalue weighted by Crippen LogP contribution is 2.05. The second-order valence-corrected chi connectivity index (χ2v) is 2.24. The highest BCUT2D eigenvalue weighted by atomic mass is 16.3. The van der Waals surface area contributed by atoms with Crippen molar-refractivity contribution in [3.8, 4) is 0 Å². The molecule has 0 spiro atoms. The Labute approximate surface area is 49.1 Å². The molecule has 0 aromatic heterocycles. The lowest BCUT2D eigenvalue weighted by atomic mass is 10.0. The Morgan fingerprint density at radius 2 is 2.12 bits per heavy atom. The smallest absolute Gasteiger partial charge is 0.0996 e. The minimum absolute atomic E-state index is 0.0880. The largest absolute Gasteiger partial charge is 0.390 e. The summed E-state index contributed by atoms with van der Waals surface area (Å²) in [6.45, 7) is 3.09. The molecule has 0 aliphatic carbocycles. The van der Waals surface area contributed by atoms with Crippen LogP contribution in [0.4, 0.5) is 0 Å². The summed E-state index contributed by atoms with van der Waals surface area (Å²) in [4.78, 5) is 0. The van der Waals surface area contributed by atoms with Crippen LogP contribution in [-0.2, 0) is 0 Å². The van der Waals surface area contributed by atoms with Crippen LogP contribution in [-0.4, -0.2) is 28.5 Å². The first-order valence-corrected chi connectivity index (χ1v) is 2.61. The number of hydrogen-bond donors (Lipinski definition) is 3. The Morgan fingerprint density at radius 1 is 1.75 bits per heavy atom. The quantitative estimate of drug-likeness (QED) is 0.440. The van der Waals surface area contributed by atoms with E-state index >= 15 is 0 Å². The Kier molecular flexibility index (Phi) is 2.40. The van der Waals surface area contributed by atoms with Gasteiger partial charge in [-0.05, 0) is 13.8 Å². The molecule has 4 N–H and O–H groups in total. The van der Waals surface area contributed by atoms with Crippen LogP contribution in [0.3, 0.4) is 0 Å². The SMILES string of the molecule is CC(O)[C@@](C)(O)CN. The zero-order chi connectivity index (χ0) is 6.78. The van der Waals surface area contributed by atoms with Crippen LogP contribution in [0.1, 0.15) is 13.8 Å². The van der Waals surface area contributed by atoms with E-state index in [0.29, 0.717) is 0 Å². The van der Waals surface area contributed by atoms with Gasteiger partial charge in [0.2, 0.25) is 0 Å². The molecule has 3 nitrogen and oxygen atoms in total. The van der Waals surface area contributed by atoms with Crippen molar-refractivity contribution in [2.45, 2.75) is 25.6 Å². The highest BCUT2D eigenvalue weighted by molar-refractivity contribution is 4.78. The Hall–Kier alpha value is -0.120. The summed E-state index contributed by atoms with van der Waals surface area (Å²) >= 11 is 0. The molecule has 0 radical (unpaired) electrons. The molecule has 0 aliphatic heterocycles. The minimum atomic E-state index is -1.12. The molecule has 0 aliphatic rings. The number of nitrogens with two attached hydrogens (primary N) is 1. The monoisotopic (exact) mass is 119 g/mol. The van der Waals surface area contributed by atoms with Gasteiger partial charge in [0.25, 0.3) is 0 Å². The van der Waals surface area contributed by atoms with Gasteiger partial charge in [-0.2, -0.15) is 0 Å².